The van der Waals surface area contributed by atoms with Crippen molar-refractivity contribution in [3.05, 3.63) is 15.5 Å². The Bertz CT molecular complexity index is 485. The highest BCUT2D eigenvalue weighted by molar-refractivity contribution is 7.16. The average molecular weight is 292 g/mol. The van der Waals surface area contributed by atoms with E-state index in [0.29, 0.717) is 22.6 Å². The number of rotatable bonds is 4. The first-order chi connectivity index (χ1) is 8.44. The van der Waals surface area contributed by atoms with Crippen LogP contribution in [0.5, 0.6) is 5.06 Å². The summed E-state index contributed by atoms with van der Waals surface area (Å²) in [6.07, 6.45) is 0. The van der Waals surface area contributed by atoms with Gasteiger partial charge in [-0.1, -0.05) is 22.9 Å². The zero-order valence-corrected chi connectivity index (χ0v) is 12.1. The highest BCUT2D eigenvalue weighted by Crippen LogP contribution is 2.40. The minimum atomic E-state index is -0.519. The minimum Gasteiger partial charge on any atom is -0.481 e. The molecule has 0 aromatic carbocycles. The maximum Gasteiger partial charge on any atom is 0.228 e. The second-order valence-corrected chi connectivity index (χ2v) is 6.07. The first-order valence-corrected chi connectivity index (χ1v) is 6.85. The summed E-state index contributed by atoms with van der Waals surface area (Å²) in [6.45, 7) is 5.89. The smallest absolute Gasteiger partial charge is 0.228 e. The number of hydrogen-bond donors (Lipinski definition) is 0. The van der Waals surface area contributed by atoms with Crippen LogP contribution in [0.2, 0.25) is 5.02 Å². The summed E-state index contributed by atoms with van der Waals surface area (Å²) in [4.78, 5) is 5.23. The van der Waals surface area contributed by atoms with Crippen molar-refractivity contribution < 1.29 is 13.9 Å². The van der Waals surface area contributed by atoms with Gasteiger partial charge in [-0.2, -0.15) is 0 Å². The minimum absolute atomic E-state index is 0.0376. The van der Waals surface area contributed by atoms with Crippen molar-refractivity contribution >= 4 is 28.8 Å². The lowest BCUT2D eigenvalue weighted by Crippen LogP contribution is -2.17. The molecule has 0 bridgehead atoms. The third-order valence-electron chi connectivity index (χ3n) is 2.50. The molecule has 0 fully saturated rings. The standard InChI is InChI=1S/C12H15ClFNO2S/c1-7-8(13)9(18-11(7)16-5-4-14)10-15-12(2,3)6-17-10/h4-6H2,1-3H3. The molecule has 0 saturated heterocycles. The van der Waals surface area contributed by atoms with Gasteiger partial charge in [-0.15, -0.1) is 0 Å². The van der Waals surface area contributed by atoms with Crippen LogP contribution in [0.4, 0.5) is 4.39 Å². The summed E-state index contributed by atoms with van der Waals surface area (Å²) in [5, 5.41) is 1.20. The van der Waals surface area contributed by atoms with Gasteiger partial charge >= 0.3 is 0 Å². The number of nitrogens with zero attached hydrogens (tertiary/aromatic N) is 1. The molecular formula is C12H15ClFNO2S. The zero-order valence-electron chi connectivity index (χ0n) is 10.5. The lowest BCUT2D eigenvalue weighted by atomic mass is 10.1. The highest BCUT2D eigenvalue weighted by Gasteiger charge is 2.30. The third kappa shape index (κ3) is 2.62. The van der Waals surface area contributed by atoms with E-state index in [1.807, 2.05) is 20.8 Å². The fourth-order valence-corrected chi connectivity index (χ4v) is 2.94. The fraction of sp³-hybridized carbons (Fsp3) is 0.583. The lowest BCUT2D eigenvalue weighted by Gasteiger charge is -2.07. The Morgan fingerprint density at radius 1 is 1.56 bits per heavy atom. The van der Waals surface area contributed by atoms with Crippen LogP contribution in [0.3, 0.4) is 0 Å². The highest BCUT2D eigenvalue weighted by atomic mass is 35.5. The van der Waals surface area contributed by atoms with Crippen molar-refractivity contribution in [3.8, 4) is 5.06 Å². The van der Waals surface area contributed by atoms with Gasteiger partial charge in [0.1, 0.15) is 24.8 Å². The number of alkyl halides is 1. The molecule has 0 spiro atoms. The quantitative estimate of drug-likeness (QED) is 0.848. The molecule has 1 aromatic heterocycles. The van der Waals surface area contributed by atoms with Crippen molar-refractivity contribution in [2.45, 2.75) is 26.3 Å². The summed E-state index contributed by atoms with van der Waals surface area (Å²) >= 11 is 7.59. The van der Waals surface area contributed by atoms with E-state index in [-0.39, 0.29) is 12.1 Å². The summed E-state index contributed by atoms with van der Waals surface area (Å²) < 4.78 is 23.0. The molecule has 1 aliphatic rings. The van der Waals surface area contributed by atoms with Gasteiger partial charge < -0.3 is 9.47 Å². The van der Waals surface area contributed by atoms with Crippen LogP contribution >= 0.6 is 22.9 Å². The largest absolute Gasteiger partial charge is 0.481 e. The maximum absolute atomic E-state index is 12.1. The Balaban J connectivity index is 2.30. The van der Waals surface area contributed by atoms with Gasteiger partial charge in [0.15, 0.2) is 5.06 Å². The van der Waals surface area contributed by atoms with Crippen LogP contribution in [0.15, 0.2) is 4.99 Å². The SMILES string of the molecule is Cc1c(OCCF)sc(C2=NC(C)(C)CO2)c1Cl. The topological polar surface area (TPSA) is 30.8 Å². The van der Waals surface area contributed by atoms with Crippen molar-refractivity contribution in [1.29, 1.82) is 0 Å². The molecule has 2 heterocycles. The van der Waals surface area contributed by atoms with Crippen LogP contribution in [0, 0.1) is 6.92 Å². The summed E-state index contributed by atoms with van der Waals surface area (Å²) in [5.74, 6) is 0.549. The predicted molar refractivity (Wildman–Crippen MR) is 72.1 cm³/mol. The molecule has 1 aliphatic heterocycles. The van der Waals surface area contributed by atoms with E-state index < -0.39 is 6.67 Å². The number of thiophene rings is 1. The van der Waals surface area contributed by atoms with Crippen LogP contribution in [0.25, 0.3) is 0 Å². The van der Waals surface area contributed by atoms with Gasteiger partial charge in [0.05, 0.1) is 10.6 Å². The number of ether oxygens (including phenoxy) is 2. The molecule has 100 valence electrons. The van der Waals surface area contributed by atoms with Crippen molar-refractivity contribution in [3.63, 3.8) is 0 Å². The van der Waals surface area contributed by atoms with Crippen LogP contribution in [-0.2, 0) is 4.74 Å². The fourth-order valence-electron chi connectivity index (χ4n) is 1.58. The van der Waals surface area contributed by atoms with Crippen LogP contribution < -0.4 is 4.74 Å². The number of aliphatic imine (C=N–C) groups is 1. The maximum atomic E-state index is 12.1. The molecule has 0 radical (unpaired) electrons. The van der Waals surface area contributed by atoms with Gasteiger partial charge in [0.25, 0.3) is 0 Å². The zero-order chi connectivity index (χ0) is 13.3. The van der Waals surface area contributed by atoms with Gasteiger partial charge in [0, 0.05) is 5.56 Å². The molecule has 0 atom stereocenters. The summed E-state index contributed by atoms with van der Waals surface area (Å²) in [5.41, 5.74) is 0.581. The molecule has 0 N–H and O–H groups in total. The second-order valence-electron chi connectivity index (χ2n) is 4.71. The third-order valence-corrected chi connectivity index (χ3v) is 4.28. The number of hydrogen-bond acceptors (Lipinski definition) is 4. The average Bonchev–Trinajstić information content (AvgIpc) is 2.80. The van der Waals surface area contributed by atoms with Gasteiger partial charge in [0.2, 0.25) is 5.90 Å². The molecule has 3 nitrogen and oxygen atoms in total. The molecule has 0 unspecified atom stereocenters. The van der Waals surface area contributed by atoms with E-state index in [0.717, 1.165) is 10.4 Å². The molecule has 0 aliphatic carbocycles. The monoisotopic (exact) mass is 291 g/mol. The Hall–Kier alpha value is -0.810. The summed E-state index contributed by atoms with van der Waals surface area (Å²) in [7, 11) is 0. The van der Waals surface area contributed by atoms with Gasteiger partial charge in [-0.3, -0.25) is 0 Å². The molecule has 2 rings (SSSR count). The number of halogens is 2. The van der Waals surface area contributed by atoms with E-state index in [1.165, 1.54) is 11.3 Å². The Morgan fingerprint density at radius 2 is 2.28 bits per heavy atom. The van der Waals surface area contributed by atoms with Crippen LogP contribution in [0.1, 0.15) is 24.3 Å². The van der Waals surface area contributed by atoms with Crippen LogP contribution in [-0.4, -0.2) is 31.3 Å². The Labute approximate surface area is 115 Å². The van der Waals surface area contributed by atoms with Crippen molar-refractivity contribution in [2.75, 3.05) is 19.9 Å². The Kier molecular flexibility index (Phi) is 3.82. The predicted octanol–water partition coefficient (Wildman–Crippen LogP) is 3.61. The second kappa shape index (κ2) is 5.05. The van der Waals surface area contributed by atoms with E-state index in [4.69, 9.17) is 21.1 Å². The Morgan fingerprint density at radius 3 is 2.83 bits per heavy atom. The van der Waals surface area contributed by atoms with E-state index in [9.17, 15) is 4.39 Å². The van der Waals surface area contributed by atoms with E-state index >= 15 is 0 Å². The van der Waals surface area contributed by atoms with E-state index in [2.05, 4.69) is 4.99 Å². The normalized spacial score (nSPS) is 17.5. The van der Waals surface area contributed by atoms with Crippen molar-refractivity contribution in [1.82, 2.24) is 0 Å². The lowest BCUT2D eigenvalue weighted by molar-refractivity contribution is 0.278. The van der Waals surface area contributed by atoms with Gasteiger partial charge in [-0.25, -0.2) is 9.38 Å². The summed E-state index contributed by atoms with van der Waals surface area (Å²) in [6, 6.07) is 0. The molecule has 0 saturated carbocycles. The van der Waals surface area contributed by atoms with E-state index in [1.54, 1.807) is 0 Å². The van der Waals surface area contributed by atoms with Gasteiger partial charge in [-0.05, 0) is 20.8 Å². The molecule has 18 heavy (non-hydrogen) atoms. The first kappa shape index (κ1) is 13.6. The first-order valence-electron chi connectivity index (χ1n) is 5.65. The molecule has 1 aromatic rings. The molecular weight excluding hydrogens is 277 g/mol. The molecule has 6 heteroatoms. The van der Waals surface area contributed by atoms with Crippen molar-refractivity contribution in [2.24, 2.45) is 4.99 Å². The molecule has 0 amide bonds.